The number of fused-ring (bicyclic) bond motifs is 1. The topological polar surface area (TPSA) is 95.5 Å². The van der Waals surface area contributed by atoms with Crippen molar-refractivity contribution in [2.45, 2.75) is 0 Å². The van der Waals surface area contributed by atoms with Crippen LogP contribution < -0.4 is 10.6 Å². The lowest BCUT2D eigenvalue weighted by atomic mass is 10.1. The third-order valence-corrected chi connectivity index (χ3v) is 6.53. The minimum Gasteiger partial charge on any atom is -0.478 e. The van der Waals surface area contributed by atoms with Gasteiger partial charge in [0.2, 0.25) is 0 Å². The highest BCUT2D eigenvalue weighted by Crippen LogP contribution is 2.35. The maximum Gasteiger partial charge on any atom is 0.335 e. The quantitative estimate of drug-likeness (QED) is 0.304. The van der Waals surface area contributed by atoms with Gasteiger partial charge in [-0.05, 0) is 48.5 Å². The second-order valence-corrected chi connectivity index (χ2v) is 8.59. The number of anilines is 2. The van der Waals surface area contributed by atoms with E-state index in [2.05, 4.69) is 10.6 Å². The molecule has 0 unspecified atom stereocenters. The van der Waals surface area contributed by atoms with Crippen molar-refractivity contribution < 1.29 is 19.5 Å². The van der Waals surface area contributed by atoms with Crippen molar-refractivity contribution in [3.05, 3.63) is 92.8 Å². The molecular weight excluding hydrogens is 471 g/mol. The maximum atomic E-state index is 12.9. The fraction of sp³-hybridized carbons (Fsp3) is 0. The van der Waals surface area contributed by atoms with Gasteiger partial charge in [0.25, 0.3) is 11.8 Å². The molecule has 0 radical (unpaired) electrons. The molecule has 0 aliphatic heterocycles. The minimum atomic E-state index is -1.20. The standard InChI is InChI=1S/C23H14Cl2N2O4S/c24-13-6-8-14(9-7-13)26-21(28)16-11-12(23(30)31)5-10-17(16)27-22(29)20-19(25)15-3-1-2-4-18(15)32-20/h1-11H,(H,26,28)(H,27,29)(H,30,31). The van der Waals surface area contributed by atoms with E-state index in [0.717, 1.165) is 10.1 Å². The monoisotopic (exact) mass is 484 g/mol. The summed E-state index contributed by atoms with van der Waals surface area (Å²) in [5.41, 5.74) is 0.513. The van der Waals surface area contributed by atoms with Crippen LogP contribution >= 0.6 is 34.5 Å². The van der Waals surface area contributed by atoms with E-state index in [1.165, 1.54) is 29.5 Å². The van der Waals surface area contributed by atoms with Crippen LogP contribution in [0.2, 0.25) is 10.0 Å². The lowest BCUT2D eigenvalue weighted by molar-refractivity contribution is 0.0696. The molecule has 160 valence electrons. The van der Waals surface area contributed by atoms with Crippen LogP contribution in [0.4, 0.5) is 11.4 Å². The third kappa shape index (κ3) is 4.45. The molecule has 0 aliphatic carbocycles. The Morgan fingerprint density at radius 3 is 2.25 bits per heavy atom. The molecule has 1 heterocycles. The second kappa shape index (κ2) is 9.00. The van der Waals surface area contributed by atoms with Gasteiger partial charge in [-0.25, -0.2) is 4.79 Å². The number of aromatic carboxylic acids is 1. The van der Waals surface area contributed by atoms with Crippen molar-refractivity contribution in [2.24, 2.45) is 0 Å². The Hall–Kier alpha value is -3.39. The van der Waals surface area contributed by atoms with E-state index >= 15 is 0 Å². The number of hydrogen-bond donors (Lipinski definition) is 3. The van der Waals surface area contributed by atoms with Gasteiger partial charge in [0.1, 0.15) is 4.88 Å². The average molecular weight is 485 g/mol. The van der Waals surface area contributed by atoms with E-state index in [0.29, 0.717) is 20.6 Å². The highest BCUT2D eigenvalue weighted by molar-refractivity contribution is 7.21. The van der Waals surface area contributed by atoms with Gasteiger partial charge in [0.15, 0.2) is 0 Å². The predicted molar refractivity (Wildman–Crippen MR) is 128 cm³/mol. The summed E-state index contributed by atoms with van der Waals surface area (Å²) in [6.45, 7) is 0. The Balaban J connectivity index is 1.67. The molecule has 1 aromatic heterocycles. The number of carboxylic acids is 1. The number of nitrogens with one attached hydrogen (secondary N) is 2. The van der Waals surface area contributed by atoms with Gasteiger partial charge >= 0.3 is 5.97 Å². The van der Waals surface area contributed by atoms with Crippen LogP contribution in [-0.4, -0.2) is 22.9 Å². The SMILES string of the molecule is O=C(O)c1ccc(NC(=O)c2sc3ccccc3c2Cl)c(C(=O)Nc2ccc(Cl)cc2)c1. The zero-order chi connectivity index (χ0) is 22.8. The van der Waals surface area contributed by atoms with E-state index < -0.39 is 17.8 Å². The number of hydrogen-bond acceptors (Lipinski definition) is 4. The summed E-state index contributed by atoms with van der Waals surface area (Å²) in [6, 6.07) is 17.7. The molecule has 0 saturated carbocycles. The fourth-order valence-electron chi connectivity index (χ4n) is 3.04. The number of benzene rings is 3. The number of amides is 2. The number of carbonyl (C=O) groups excluding carboxylic acids is 2. The highest BCUT2D eigenvalue weighted by atomic mass is 35.5. The number of halogens is 2. The molecule has 32 heavy (non-hydrogen) atoms. The lowest BCUT2D eigenvalue weighted by Crippen LogP contribution is -2.18. The smallest absolute Gasteiger partial charge is 0.335 e. The first-order chi connectivity index (χ1) is 15.3. The highest BCUT2D eigenvalue weighted by Gasteiger charge is 2.21. The fourth-order valence-corrected chi connectivity index (χ4v) is 4.58. The molecule has 3 N–H and O–H groups in total. The van der Waals surface area contributed by atoms with Crippen molar-refractivity contribution in [3.8, 4) is 0 Å². The molecule has 3 aromatic carbocycles. The van der Waals surface area contributed by atoms with Crippen LogP contribution in [0, 0.1) is 0 Å². The molecule has 0 spiro atoms. The van der Waals surface area contributed by atoms with Gasteiger partial charge in [-0.3, -0.25) is 9.59 Å². The van der Waals surface area contributed by atoms with Crippen LogP contribution in [0.25, 0.3) is 10.1 Å². The molecule has 9 heteroatoms. The zero-order valence-corrected chi connectivity index (χ0v) is 18.5. The Morgan fingerprint density at radius 1 is 0.844 bits per heavy atom. The summed E-state index contributed by atoms with van der Waals surface area (Å²) in [7, 11) is 0. The summed E-state index contributed by atoms with van der Waals surface area (Å²) in [5, 5.41) is 16.3. The molecule has 2 amide bonds. The van der Waals surface area contributed by atoms with Crippen molar-refractivity contribution in [3.63, 3.8) is 0 Å². The third-order valence-electron chi connectivity index (χ3n) is 4.60. The second-order valence-electron chi connectivity index (χ2n) is 6.72. The van der Waals surface area contributed by atoms with Crippen LogP contribution in [0.15, 0.2) is 66.7 Å². The number of carbonyl (C=O) groups is 3. The van der Waals surface area contributed by atoms with Gasteiger partial charge in [0, 0.05) is 20.8 Å². The van der Waals surface area contributed by atoms with Crippen molar-refractivity contribution in [2.75, 3.05) is 10.6 Å². The summed E-state index contributed by atoms with van der Waals surface area (Å²) in [6.07, 6.45) is 0. The van der Waals surface area contributed by atoms with E-state index in [9.17, 15) is 19.5 Å². The summed E-state index contributed by atoms with van der Waals surface area (Å²) >= 11 is 13.5. The van der Waals surface area contributed by atoms with E-state index in [1.807, 2.05) is 24.3 Å². The molecule has 0 saturated heterocycles. The number of rotatable bonds is 5. The first-order valence-corrected chi connectivity index (χ1v) is 10.8. The predicted octanol–water partition coefficient (Wildman–Crippen LogP) is 6.41. The normalized spacial score (nSPS) is 10.7. The van der Waals surface area contributed by atoms with Crippen molar-refractivity contribution in [1.29, 1.82) is 0 Å². The maximum absolute atomic E-state index is 12.9. The zero-order valence-electron chi connectivity index (χ0n) is 16.2. The molecule has 0 atom stereocenters. The Labute approximate surface area is 196 Å². The molecule has 0 fully saturated rings. The van der Waals surface area contributed by atoms with Crippen LogP contribution in [0.5, 0.6) is 0 Å². The Kier molecular flexibility index (Phi) is 6.14. The number of thiophene rings is 1. The molecule has 6 nitrogen and oxygen atoms in total. The average Bonchev–Trinajstić information content (AvgIpc) is 3.12. The summed E-state index contributed by atoms with van der Waals surface area (Å²) in [4.78, 5) is 37.6. The minimum absolute atomic E-state index is 0.00886. The molecular formula is C23H14Cl2N2O4S. The van der Waals surface area contributed by atoms with Crippen molar-refractivity contribution >= 4 is 73.8 Å². The van der Waals surface area contributed by atoms with Crippen LogP contribution in [0.3, 0.4) is 0 Å². The van der Waals surface area contributed by atoms with Gasteiger partial charge in [-0.15, -0.1) is 11.3 Å². The molecule has 0 aliphatic rings. The van der Waals surface area contributed by atoms with Gasteiger partial charge in [0.05, 0.1) is 21.8 Å². The van der Waals surface area contributed by atoms with Crippen molar-refractivity contribution in [1.82, 2.24) is 0 Å². The lowest BCUT2D eigenvalue weighted by Gasteiger charge is -2.12. The van der Waals surface area contributed by atoms with E-state index in [1.54, 1.807) is 24.3 Å². The van der Waals surface area contributed by atoms with E-state index in [4.69, 9.17) is 23.2 Å². The molecule has 4 rings (SSSR count). The van der Waals surface area contributed by atoms with Gasteiger partial charge in [-0.2, -0.15) is 0 Å². The first-order valence-electron chi connectivity index (χ1n) is 9.26. The molecule has 4 aromatic rings. The van der Waals surface area contributed by atoms with E-state index in [-0.39, 0.29) is 16.8 Å². The number of carboxylic acid groups (broad SMARTS) is 1. The first kappa shape index (κ1) is 21.8. The Bertz CT molecular complexity index is 1370. The summed E-state index contributed by atoms with van der Waals surface area (Å²) < 4.78 is 0.851. The molecule has 0 bridgehead atoms. The largest absolute Gasteiger partial charge is 0.478 e. The van der Waals surface area contributed by atoms with Crippen LogP contribution in [0.1, 0.15) is 30.4 Å². The van der Waals surface area contributed by atoms with Gasteiger partial charge < -0.3 is 15.7 Å². The Morgan fingerprint density at radius 2 is 1.56 bits per heavy atom. The summed E-state index contributed by atoms with van der Waals surface area (Å²) in [5.74, 6) is -2.29. The van der Waals surface area contributed by atoms with Crippen LogP contribution in [-0.2, 0) is 0 Å². The van der Waals surface area contributed by atoms with Gasteiger partial charge in [-0.1, -0.05) is 41.4 Å².